The van der Waals surface area contributed by atoms with Gasteiger partial charge < -0.3 is 20.3 Å². The minimum absolute atomic E-state index is 0.274. The summed E-state index contributed by atoms with van der Waals surface area (Å²) in [4.78, 5) is 22.4. The van der Waals surface area contributed by atoms with E-state index < -0.39 is 12.1 Å². The number of carbonyl (C=O) groups is 2. The highest BCUT2D eigenvalue weighted by Crippen LogP contribution is 2.15. The first kappa shape index (κ1) is 28.8. The van der Waals surface area contributed by atoms with Crippen molar-refractivity contribution in [2.24, 2.45) is 5.73 Å². The number of hydrogen-bond acceptors (Lipinski definition) is 5. The summed E-state index contributed by atoms with van der Waals surface area (Å²) in [5.41, 5.74) is 7.96. The average Bonchev–Trinajstić information content (AvgIpc) is 2.79. The molecule has 0 saturated heterocycles. The maximum atomic E-state index is 11.4. The molecule has 0 unspecified atom stereocenters. The number of alkyl halides is 3. The SMILES string of the molecule is COc1ccc(CCCN(CCCc2ccc(OC)cc2)CC(N)=O)cc1.O=C(O)C(F)(F)F. The highest BCUT2D eigenvalue weighted by atomic mass is 19.4. The second-order valence-corrected chi connectivity index (χ2v) is 7.45. The molecule has 0 fully saturated rings. The molecule has 0 spiro atoms. The van der Waals surface area contributed by atoms with Crippen LogP contribution in [0.5, 0.6) is 11.5 Å². The van der Waals surface area contributed by atoms with Crippen molar-refractivity contribution in [3.63, 3.8) is 0 Å². The van der Waals surface area contributed by atoms with Crippen molar-refractivity contribution >= 4 is 11.9 Å². The number of nitrogens with zero attached hydrogens (tertiary/aromatic N) is 1. The van der Waals surface area contributed by atoms with Crippen LogP contribution in [-0.2, 0) is 22.4 Å². The first-order valence-electron chi connectivity index (χ1n) is 10.6. The van der Waals surface area contributed by atoms with E-state index in [1.807, 2.05) is 24.3 Å². The number of rotatable bonds is 12. The lowest BCUT2D eigenvalue weighted by Gasteiger charge is -2.20. The highest BCUT2D eigenvalue weighted by molar-refractivity contribution is 5.75. The number of nitrogens with two attached hydrogens (primary N) is 1. The summed E-state index contributed by atoms with van der Waals surface area (Å²) in [6.45, 7) is 2.03. The number of ether oxygens (including phenoxy) is 2. The number of hydrogen-bond donors (Lipinski definition) is 2. The lowest BCUT2D eigenvalue weighted by Crippen LogP contribution is -2.35. The predicted octanol–water partition coefficient (Wildman–Crippen LogP) is 3.69. The van der Waals surface area contributed by atoms with E-state index in [1.54, 1.807) is 14.2 Å². The second kappa shape index (κ2) is 14.8. The third-order valence-corrected chi connectivity index (χ3v) is 4.82. The third kappa shape index (κ3) is 12.1. The molecular weight excluding hydrogens is 453 g/mol. The number of amides is 1. The number of aliphatic carboxylic acids is 1. The molecule has 1 amide bonds. The van der Waals surface area contributed by atoms with E-state index in [1.165, 1.54) is 11.1 Å². The average molecular weight is 485 g/mol. The maximum absolute atomic E-state index is 11.4. The Morgan fingerprint density at radius 2 is 1.21 bits per heavy atom. The maximum Gasteiger partial charge on any atom is 0.490 e. The van der Waals surface area contributed by atoms with Crippen molar-refractivity contribution in [1.82, 2.24) is 4.90 Å². The molecule has 2 aromatic rings. The second-order valence-electron chi connectivity index (χ2n) is 7.45. The van der Waals surface area contributed by atoms with Crippen molar-refractivity contribution in [2.45, 2.75) is 31.9 Å². The van der Waals surface area contributed by atoms with Gasteiger partial charge in [0.1, 0.15) is 11.5 Å². The zero-order valence-corrected chi connectivity index (χ0v) is 19.3. The Hall–Kier alpha value is -3.27. The molecule has 0 aliphatic heterocycles. The Labute approximate surface area is 197 Å². The van der Waals surface area contributed by atoms with E-state index in [9.17, 15) is 18.0 Å². The normalized spacial score (nSPS) is 10.9. The standard InChI is InChI=1S/C22H30N2O3.C2HF3O2/c1-26-20-11-7-18(8-12-20)5-3-15-24(17-22(23)25)16-4-6-19-9-13-21(27-2)14-10-19;3-2(4,5)1(6)7/h7-14H,3-6,15-17H2,1-2H3,(H2,23,25);(H,6,7). The van der Waals surface area contributed by atoms with Crippen molar-refractivity contribution in [3.05, 3.63) is 59.7 Å². The van der Waals surface area contributed by atoms with Crippen LogP contribution in [0.2, 0.25) is 0 Å². The Morgan fingerprint density at radius 1 is 0.853 bits per heavy atom. The van der Waals surface area contributed by atoms with Gasteiger partial charge in [-0.25, -0.2) is 4.79 Å². The van der Waals surface area contributed by atoms with E-state index in [4.69, 9.17) is 25.1 Å². The van der Waals surface area contributed by atoms with Crippen LogP contribution in [-0.4, -0.2) is 61.9 Å². The molecule has 0 aromatic heterocycles. The van der Waals surface area contributed by atoms with Gasteiger partial charge in [0.25, 0.3) is 0 Å². The number of carboxylic acids is 1. The Kier molecular flexibility index (Phi) is 12.5. The summed E-state index contributed by atoms with van der Waals surface area (Å²) < 4.78 is 42.1. The molecular formula is C24H31F3N2O5. The predicted molar refractivity (Wildman–Crippen MR) is 122 cm³/mol. The first-order chi connectivity index (χ1) is 16.0. The minimum atomic E-state index is -5.08. The van der Waals surface area contributed by atoms with Crippen LogP contribution < -0.4 is 15.2 Å². The van der Waals surface area contributed by atoms with E-state index in [2.05, 4.69) is 29.2 Å². The quantitative estimate of drug-likeness (QED) is 0.477. The molecule has 0 saturated carbocycles. The molecule has 0 bridgehead atoms. The first-order valence-corrected chi connectivity index (χ1v) is 10.6. The van der Waals surface area contributed by atoms with Crippen molar-refractivity contribution in [3.8, 4) is 11.5 Å². The highest BCUT2D eigenvalue weighted by Gasteiger charge is 2.38. The van der Waals surface area contributed by atoms with Crippen molar-refractivity contribution in [1.29, 1.82) is 0 Å². The molecule has 34 heavy (non-hydrogen) atoms. The molecule has 3 N–H and O–H groups in total. The van der Waals surface area contributed by atoms with Gasteiger partial charge in [-0.3, -0.25) is 9.69 Å². The molecule has 0 atom stereocenters. The molecule has 7 nitrogen and oxygen atoms in total. The van der Waals surface area contributed by atoms with Crippen LogP contribution in [0.25, 0.3) is 0 Å². The minimum Gasteiger partial charge on any atom is -0.497 e. The van der Waals surface area contributed by atoms with Gasteiger partial charge in [-0.2, -0.15) is 13.2 Å². The number of benzene rings is 2. The fraction of sp³-hybridized carbons (Fsp3) is 0.417. The monoisotopic (exact) mass is 484 g/mol. The summed E-state index contributed by atoms with van der Waals surface area (Å²) in [5.74, 6) is -1.29. The molecule has 0 radical (unpaired) electrons. The summed E-state index contributed by atoms with van der Waals surface area (Å²) in [6, 6.07) is 16.2. The Balaban J connectivity index is 0.000000718. The molecule has 0 aliphatic rings. The lowest BCUT2D eigenvalue weighted by molar-refractivity contribution is -0.192. The largest absolute Gasteiger partial charge is 0.497 e. The number of aryl methyl sites for hydroxylation is 2. The summed E-state index contributed by atoms with van der Waals surface area (Å²) in [5, 5.41) is 7.12. The van der Waals surface area contributed by atoms with Crippen LogP contribution in [0.4, 0.5) is 13.2 Å². The van der Waals surface area contributed by atoms with Gasteiger partial charge in [-0.15, -0.1) is 0 Å². The van der Waals surface area contributed by atoms with Gasteiger partial charge in [-0.05, 0) is 74.2 Å². The van der Waals surface area contributed by atoms with Gasteiger partial charge in [0.2, 0.25) is 5.91 Å². The summed E-state index contributed by atoms with van der Waals surface area (Å²) >= 11 is 0. The van der Waals surface area contributed by atoms with Crippen LogP contribution >= 0.6 is 0 Å². The van der Waals surface area contributed by atoms with Crippen LogP contribution in [0, 0.1) is 0 Å². The molecule has 0 heterocycles. The number of primary amides is 1. The van der Waals surface area contributed by atoms with E-state index in [0.29, 0.717) is 6.54 Å². The van der Waals surface area contributed by atoms with Gasteiger partial charge >= 0.3 is 12.1 Å². The Bertz CT molecular complexity index is 818. The van der Waals surface area contributed by atoms with Crippen LogP contribution in [0.3, 0.4) is 0 Å². The molecule has 2 aromatic carbocycles. The zero-order chi connectivity index (χ0) is 25.6. The van der Waals surface area contributed by atoms with E-state index in [0.717, 1.165) is 50.3 Å². The van der Waals surface area contributed by atoms with Crippen molar-refractivity contribution < 1.29 is 37.3 Å². The smallest absolute Gasteiger partial charge is 0.490 e. The number of carbonyl (C=O) groups excluding carboxylic acids is 1. The van der Waals surface area contributed by atoms with E-state index in [-0.39, 0.29) is 5.91 Å². The summed E-state index contributed by atoms with van der Waals surface area (Å²) in [7, 11) is 3.34. The zero-order valence-electron chi connectivity index (χ0n) is 19.3. The van der Waals surface area contributed by atoms with Gasteiger partial charge in [-0.1, -0.05) is 24.3 Å². The van der Waals surface area contributed by atoms with Crippen LogP contribution in [0.1, 0.15) is 24.0 Å². The lowest BCUT2D eigenvalue weighted by atomic mass is 10.1. The number of halogens is 3. The topological polar surface area (TPSA) is 102 Å². The van der Waals surface area contributed by atoms with Gasteiger partial charge in [0.05, 0.1) is 20.8 Å². The van der Waals surface area contributed by atoms with Crippen LogP contribution in [0.15, 0.2) is 48.5 Å². The number of methoxy groups -OCH3 is 2. The van der Waals surface area contributed by atoms with Crippen molar-refractivity contribution in [2.75, 3.05) is 33.9 Å². The number of carboxylic acid groups (broad SMARTS) is 1. The van der Waals surface area contributed by atoms with Gasteiger partial charge in [0, 0.05) is 0 Å². The molecule has 2 rings (SSSR count). The van der Waals surface area contributed by atoms with E-state index >= 15 is 0 Å². The molecule has 10 heteroatoms. The summed E-state index contributed by atoms with van der Waals surface area (Å²) in [6.07, 6.45) is -1.17. The molecule has 0 aliphatic carbocycles. The van der Waals surface area contributed by atoms with Gasteiger partial charge in [0.15, 0.2) is 0 Å². The molecule has 188 valence electrons. The fourth-order valence-corrected chi connectivity index (χ4v) is 3.09. The Morgan fingerprint density at radius 3 is 1.47 bits per heavy atom. The fourth-order valence-electron chi connectivity index (χ4n) is 3.09. The third-order valence-electron chi connectivity index (χ3n) is 4.82.